The molecule has 0 radical (unpaired) electrons. The Hall–Kier alpha value is -1.56. The lowest BCUT2D eigenvalue weighted by atomic mass is 10.1. The molecule has 0 saturated carbocycles. The summed E-state index contributed by atoms with van der Waals surface area (Å²) in [7, 11) is 1.36. The van der Waals surface area contributed by atoms with E-state index in [1.165, 1.54) is 7.11 Å². The maximum Gasteiger partial charge on any atom is 0.133 e. The van der Waals surface area contributed by atoms with Gasteiger partial charge >= 0.3 is 0 Å². The molecule has 74 valence electrons. The van der Waals surface area contributed by atoms with E-state index >= 15 is 0 Å². The van der Waals surface area contributed by atoms with Gasteiger partial charge in [0.05, 0.1) is 7.11 Å². The summed E-state index contributed by atoms with van der Waals surface area (Å²) in [5.41, 5.74) is 0.0174. The van der Waals surface area contributed by atoms with E-state index in [1.54, 1.807) is 0 Å². The SMILES string of the molecule is C#CCCc1c(F)cc(OC)cc1F. The van der Waals surface area contributed by atoms with E-state index in [0.29, 0.717) is 6.42 Å². The fourth-order valence-corrected chi connectivity index (χ4v) is 1.13. The molecule has 1 aromatic rings. The normalized spacial score (nSPS) is 9.57. The minimum Gasteiger partial charge on any atom is -0.497 e. The third-order valence-electron chi connectivity index (χ3n) is 1.87. The summed E-state index contributed by atoms with van der Waals surface area (Å²) < 4.78 is 31.2. The Labute approximate surface area is 81.7 Å². The first-order valence-electron chi connectivity index (χ1n) is 4.14. The van der Waals surface area contributed by atoms with Gasteiger partial charge in [0.25, 0.3) is 0 Å². The predicted molar refractivity (Wildman–Crippen MR) is 50.1 cm³/mol. The largest absolute Gasteiger partial charge is 0.497 e. The number of hydrogen-bond donors (Lipinski definition) is 0. The van der Waals surface area contributed by atoms with Crippen LogP contribution in [0.15, 0.2) is 12.1 Å². The molecule has 0 bridgehead atoms. The van der Waals surface area contributed by atoms with Crippen LogP contribution in [0.3, 0.4) is 0 Å². The van der Waals surface area contributed by atoms with Gasteiger partial charge in [0, 0.05) is 24.1 Å². The molecule has 0 aliphatic rings. The second-order valence-corrected chi connectivity index (χ2v) is 2.77. The third kappa shape index (κ3) is 2.23. The zero-order valence-corrected chi connectivity index (χ0v) is 7.81. The van der Waals surface area contributed by atoms with Crippen LogP contribution in [0.2, 0.25) is 0 Å². The molecule has 0 amide bonds. The van der Waals surface area contributed by atoms with Crippen molar-refractivity contribution < 1.29 is 13.5 Å². The summed E-state index contributed by atoms with van der Waals surface area (Å²) in [5.74, 6) is 1.28. The Balaban J connectivity index is 3.00. The van der Waals surface area contributed by atoms with Gasteiger partial charge in [-0.3, -0.25) is 0 Å². The molecule has 0 saturated heterocycles. The first-order chi connectivity index (χ1) is 6.69. The molecule has 0 unspecified atom stereocenters. The van der Waals surface area contributed by atoms with Gasteiger partial charge in [0.1, 0.15) is 17.4 Å². The molecule has 1 rings (SSSR count). The second kappa shape index (κ2) is 4.61. The average molecular weight is 196 g/mol. The Kier molecular flexibility index (Phi) is 3.47. The van der Waals surface area contributed by atoms with Gasteiger partial charge in [-0.15, -0.1) is 12.3 Å². The van der Waals surface area contributed by atoms with Crippen LogP contribution in [-0.4, -0.2) is 7.11 Å². The van der Waals surface area contributed by atoms with Crippen molar-refractivity contribution in [1.82, 2.24) is 0 Å². The van der Waals surface area contributed by atoms with Crippen molar-refractivity contribution in [2.24, 2.45) is 0 Å². The van der Waals surface area contributed by atoms with E-state index < -0.39 is 11.6 Å². The highest BCUT2D eigenvalue weighted by Gasteiger charge is 2.10. The summed E-state index contributed by atoms with van der Waals surface area (Å²) in [4.78, 5) is 0. The van der Waals surface area contributed by atoms with Crippen molar-refractivity contribution in [1.29, 1.82) is 0 Å². The van der Waals surface area contributed by atoms with Crippen LogP contribution in [0.4, 0.5) is 8.78 Å². The minimum absolute atomic E-state index is 0.0174. The first kappa shape index (κ1) is 10.5. The Morgan fingerprint density at radius 1 is 1.36 bits per heavy atom. The van der Waals surface area contributed by atoms with Gasteiger partial charge < -0.3 is 4.74 Å². The number of hydrogen-bond acceptors (Lipinski definition) is 1. The molecule has 0 heterocycles. The summed E-state index contributed by atoms with van der Waals surface area (Å²) in [5, 5.41) is 0. The maximum absolute atomic E-state index is 13.2. The van der Waals surface area contributed by atoms with E-state index in [2.05, 4.69) is 5.92 Å². The molecule has 0 atom stereocenters. The number of benzene rings is 1. The van der Waals surface area contributed by atoms with Crippen LogP contribution in [-0.2, 0) is 6.42 Å². The van der Waals surface area contributed by atoms with Gasteiger partial charge in [-0.2, -0.15) is 0 Å². The average Bonchev–Trinajstić information content (AvgIpc) is 2.16. The van der Waals surface area contributed by atoms with E-state index in [9.17, 15) is 8.78 Å². The van der Waals surface area contributed by atoms with Gasteiger partial charge in [-0.25, -0.2) is 8.78 Å². The zero-order chi connectivity index (χ0) is 10.6. The van der Waals surface area contributed by atoms with Crippen molar-refractivity contribution in [3.63, 3.8) is 0 Å². The lowest BCUT2D eigenvalue weighted by Gasteiger charge is -2.05. The topological polar surface area (TPSA) is 9.23 Å². The molecule has 3 heteroatoms. The number of methoxy groups -OCH3 is 1. The number of terminal acetylenes is 1. The second-order valence-electron chi connectivity index (χ2n) is 2.77. The van der Waals surface area contributed by atoms with Crippen molar-refractivity contribution in [3.05, 3.63) is 29.3 Å². The maximum atomic E-state index is 13.2. The Morgan fingerprint density at radius 2 is 1.93 bits per heavy atom. The molecular formula is C11H10F2O. The lowest BCUT2D eigenvalue weighted by molar-refractivity contribution is 0.405. The monoisotopic (exact) mass is 196 g/mol. The van der Waals surface area contributed by atoms with Crippen molar-refractivity contribution >= 4 is 0 Å². The van der Waals surface area contributed by atoms with Crippen LogP contribution < -0.4 is 4.74 Å². The van der Waals surface area contributed by atoms with Crippen molar-refractivity contribution in [2.45, 2.75) is 12.8 Å². The highest BCUT2D eigenvalue weighted by molar-refractivity contribution is 5.30. The van der Waals surface area contributed by atoms with Crippen LogP contribution in [0.25, 0.3) is 0 Å². The molecule has 0 N–H and O–H groups in total. The summed E-state index contributed by atoms with van der Waals surface area (Å²) in [6, 6.07) is 2.30. The molecule has 1 aromatic carbocycles. The van der Waals surface area contributed by atoms with Crippen LogP contribution in [0.1, 0.15) is 12.0 Å². The predicted octanol–water partition coefficient (Wildman–Crippen LogP) is 2.54. The van der Waals surface area contributed by atoms with Crippen molar-refractivity contribution in [2.75, 3.05) is 7.11 Å². The quantitative estimate of drug-likeness (QED) is 0.675. The van der Waals surface area contributed by atoms with Gasteiger partial charge in [-0.05, 0) is 6.42 Å². The number of halogens is 2. The molecule has 0 fully saturated rings. The first-order valence-corrected chi connectivity index (χ1v) is 4.14. The standard InChI is InChI=1S/C11H10F2O/c1-3-4-5-9-10(12)6-8(14-2)7-11(9)13/h1,6-7H,4-5H2,2H3. The fourth-order valence-electron chi connectivity index (χ4n) is 1.13. The van der Waals surface area contributed by atoms with Crippen LogP contribution in [0, 0.1) is 24.0 Å². The highest BCUT2D eigenvalue weighted by atomic mass is 19.1. The molecule has 0 aliphatic heterocycles. The van der Waals surface area contributed by atoms with E-state index in [1.807, 2.05) is 0 Å². The van der Waals surface area contributed by atoms with E-state index in [4.69, 9.17) is 11.2 Å². The van der Waals surface area contributed by atoms with Crippen LogP contribution in [0.5, 0.6) is 5.75 Å². The molecule has 0 aliphatic carbocycles. The van der Waals surface area contributed by atoms with E-state index in [0.717, 1.165) is 12.1 Å². The third-order valence-corrected chi connectivity index (χ3v) is 1.87. The zero-order valence-electron chi connectivity index (χ0n) is 7.81. The van der Waals surface area contributed by atoms with Gasteiger partial charge in [-0.1, -0.05) is 0 Å². The molecule has 0 aromatic heterocycles. The lowest BCUT2D eigenvalue weighted by Crippen LogP contribution is -1.97. The Morgan fingerprint density at radius 3 is 2.36 bits per heavy atom. The Bertz CT molecular complexity index is 343. The molecule has 0 spiro atoms. The van der Waals surface area contributed by atoms with Gasteiger partial charge in [0.15, 0.2) is 0 Å². The smallest absolute Gasteiger partial charge is 0.133 e. The molecule has 1 nitrogen and oxygen atoms in total. The summed E-state index contributed by atoms with van der Waals surface area (Å²) in [6.45, 7) is 0. The number of rotatable bonds is 3. The fraction of sp³-hybridized carbons (Fsp3) is 0.273. The minimum atomic E-state index is -0.614. The van der Waals surface area contributed by atoms with Crippen molar-refractivity contribution in [3.8, 4) is 18.1 Å². The highest BCUT2D eigenvalue weighted by Crippen LogP contribution is 2.21. The summed E-state index contributed by atoms with van der Waals surface area (Å²) in [6.07, 6.45) is 5.54. The summed E-state index contributed by atoms with van der Waals surface area (Å²) >= 11 is 0. The molecular weight excluding hydrogens is 186 g/mol. The van der Waals surface area contributed by atoms with Gasteiger partial charge in [0.2, 0.25) is 0 Å². The molecule has 14 heavy (non-hydrogen) atoms. The number of ether oxygens (including phenoxy) is 1. The van der Waals surface area contributed by atoms with Crippen LogP contribution >= 0.6 is 0 Å². The van der Waals surface area contributed by atoms with E-state index in [-0.39, 0.29) is 17.7 Å².